The average Bonchev–Trinajstić information content (AvgIpc) is 2.22. The molecule has 0 spiro atoms. The van der Waals surface area contributed by atoms with Gasteiger partial charge in [-0.3, -0.25) is 4.79 Å². The molecule has 1 atom stereocenters. The zero-order chi connectivity index (χ0) is 13.0. The van der Waals surface area contributed by atoms with Crippen LogP contribution < -0.4 is 5.32 Å². The van der Waals surface area contributed by atoms with Gasteiger partial charge in [0.15, 0.2) is 11.6 Å². The SMILES string of the molecule is CC(C)CNC(C(=O)O)c1ccc(O)c(F)c1. The molecule has 0 fully saturated rings. The Hall–Kier alpha value is -1.62. The molecule has 0 amide bonds. The summed E-state index contributed by atoms with van der Waals surface area (Å²) in [5.74, 6) is -2.09. The number of phenolic OH excluding ortho intramolecular Hbond substituents is 1. The molecule has 0 aliphatic rings. The minimum atomic E-state index is -1.07. The number of hydrogen-bond acceptors (Lipinski definition) is 3. The molecule has 1 rings (SSSR count). The van der Waals surface area contributed by atoms with Crippen LogP contribution in [-0.4, -0.2) is 22.7 Å². The van der Waals surface area contributed by atoms with Crippen molar-refractivity contribution in [1.29, 1.82) is 0 Å². The molecule has 0 aliphatic heterocycles. The molecule has 0 radical (unpaired) electrons. The Morgan fingerprint density at radius 1 is 1.47 bits per heavy atom. The van der Waals surface area contributed by atoms with Crippen LogP contribution >= 0.6 is 0 Å². The molecular formula is C12H16FNO3. The molecule has 17 heavy (non-hydrogen) atoms. The molecule has 0 saturated heterocycles. The van der Waals surface area contributed by atoms with Gasteiger partial charge >= 0.3 is 5.97 Å². The second-order valence-electron chi connectivity index (χ2n) is 4.28. The van der Waals surface area contributed by atoms with Crippen LogP contribution in [0.1, 0.15) is 25.5 Å². The topological polar surface area (TPSA) is 69.6 Å². The summed E-state index contributed by atoms with van der Waals surface area (Å²) in [6, 6.07) is 2.61. The second kappa shape index (κ2) is 5.63. The molecule has 5 heteroatoms. The molecule has 0 bridgehead atoms. The minimum absolute atomic E-state index is 0.286. The van der Waals surface area contributed by atoms with E-state index < -0.39 is 23.6 Å². The van der Waals surface area contributed by atoms with Gasteiger partial charge in [0.2, 0.25) is 0 Å². The van der Waals surface area contributed by atoms with Gasteiger partial charge in [-0.2, -0.15) is 0 Å². The molecule has 0 saturated carbocycles. The lowest BCUT2D eigenvalue weighted by Crippen LogP contribution is -2.31. The quantitative estimate of drug-likeness (QED) is 0.736. The van der Waals surface area contributed by atoms with E-state index in [0.717, 1.165) is 12.1 Å². The summed E-state index contributed by atoms with van der Waals surface area (Å²) >= 11 is 0. The summed E-state index contributed by atoms with van der Waals surface area (Å²) in [7, 11) is 0. The van der Waals surface area contributed by atoms with E-state index in [2.05, 4.69) is 5.32 Å². The van der Waals surface area contributed by atoms with Crippen LogP contribution in [0.5, 0.6) is 5.75 Å². The van der Waals surface area contributed by atoms with Crippen molar-refractivity contribution in [1.82, 2.24) is 5.32 Å². The third-order valence-electron chi connectivity index (χ3n) is 2.28. The standard InChI is InChI=1S/C12H16FNO3/c1-7(2)6-14-11(12(16)17)8-3-4-10(15)9(13)5-8/h3-5,7,11,14-15H,6H2,1-2H3,(H,16,17). The first-order valence-corrected chi connectivity index (χ1v) is 5.36. The lowest BCUT2D eigenvalue weighted by atomic mass is 10.1. The Balaban J connectivity index is 2.89. The van der Waals surface area contributed by atoms with Crippen molar-refractivity contribution in [2.75, 3.05) is 6.54 Å². The first kappa shape index (κ1) is 13.4. The normalized spacial score (nSPS) is 12.7. The fraction of sp³-hybridized carbons (Fsp3) is 0.417. The molecule has 3 N–H and O–H groups in total. The van der Waals surface area contributed by atoms with Crippen LogP contribution in [0.3, 0.4) is 0 Å². The summed E-state index contributed by atoms with van der Waals surface area (Å²) < 4.78 is 13.1. The molecule has 0 aliphatic carbocycles. The zero-order valence-electron chi connectivity index (χ0n) is 9.77. The molecule has 1 unspecified atom stereocenters. The maximum Gasteiger partial charge on any atom is 0.325 e. The highest BCUT2D eigenvalue weighted by Gasteiger charge is 2.20. The lowest BCUT2D eigenvalue weighted by molar-refractivity contribution is -0.139. The van der Waals surface area contributed by atoms with Gasteiger partial charge in [-0.25, -0.2) is 4.39 Å². The number of benzene rings is 1. The predicted octanol–water partition coefficient (Wildman–Crippen LogP) is 1.90. The summed E-state index contributed by atoms with van der Waals surface area (Å²) in [5.41, 5.74) is 0.286. The van der Waals surface area contributed by atoms with Crippen molar-refractivity contribution in [3.8, 4) is 5.75 Å². The highest BCUT2D eigenvalue weighted by atomic mass is 19.1. The van der Waals surface area contributed by atoms with Crippen LogP contribution in [0.4, 0.5) is 4.39 Å². The van der Waals surface area contributed by atoms with Gasteiger partial charge in [0.25, 0.3) is 0 Å². The minimum Gasteiger partial charge on any atom is -0.505 e. The van der Waals surface area contributed by atoms with E-state index in [1.165, 1.54) is 6.07 Å². The highest BCUT2D eigenvalue weighted by molar-refractivity contribution is 5.75. The Morgan fingerprint density at radius 2 is 2.12 bits per heavy atom. The first-order valence-electron chi connectivity index (χ1n) is 5.36. The highest BCUT2D eigenvalue weighted by Crippen LogP contribution is 2.21. The van der Waals surface area contributed by atoms with Gasteiger partial charge in [0.1, 0.15) is 6.04 Å². The lowest BCUT2D eigenvalue weighted by Gasteiger charge is -2.16. The number of carboxylic acid groups (broad SMARTS) is 1. The molecule has 1 aromatic carbocycles. The van der Waals surface area contributed by atoms with Crippen molar-refractivity contribution in [2.24, 2.45) is 5.92 Å². The predicted molar refractivity (Wildman–Crippen MR) is 61.3 cm³/mol. The molecule has 4 nitrogen and oxygen atoms in total. The van der Waals surface area contributed by atoms with Gasteiger partial charge in [-0.1, -0.05) is 19.9 Å². The molecule has 0 aromatic heterocycles. The van der Waals surface area contributed by atoms with Crippen molar-refractivity contribution >= 4 is 5.97 Å². The summed E-state index contributed by atoms with van der Waals surface area (Å²) in [6.45, 7) is 4.41. The summed E-state index contributed by atoms with van der Waals surface area (Å²) in [6.07, 6.45) is 0. The maximum atomic E-state index is 13.1. The Morgan fingerprint density at radius 3 is 2.59 bits per heavy atom. The smallest absolute Gasteiger partial charge is 0.325 e. The van der Waals surface area contributed by atoms with Gasteiger partial charge < -0.3 is 15.5 Å². The molecule has 0 heterocycles. The number of phenols is 1. The van der Waals surface area contributed by atoms with E-state index in [9.17, 15) is 9.18 Å². The third-order valence-corrected chi connectivity index (χ3v) is 2.28. The second-order valence-corrected chi connectivity index (χ2v) is 4.28. The number of aliphatic carboxylic acids is 1. The van der Waals surface area contributed by atoms with Crippen molar-refractivity contribution in [3.05, 3.63) is 29.6 Å². The fourth-order valence-corrected chi connectivity index (χ4v) is 1.40. The van der Waals surface area contributed by atoms with Crippen molar-refractivity contribution in [2.45, 2.75) is 19.9 Å². The van der Waals surface area contributed by atoms with E-state index in [-0.39, 0.29) is 5.56 Å². The van der Waals surface area contributed by atoms with Crippen LogP contribution in [0.25, 0.3) is 0 Å². The Bertz CT molecular complexity index is 407. The number of carboxylic acids is 1. The Labute approximate surface area is 99.1 Å². The van der Waals surface area contributed by atoms with E-state index in [1.807, 2.05) is 13.8 Å². The molecule has 1 aromatic rings. The monoisotopic (exact) mass is 241 g/mol. The van der Waals surface area contributed by atoms with Crippen molar-refractivity contribution in [3.63, 3.8) is 0 Å². The molecular weight excluding hydrogens is 225 g/mol. The number of halogens is 1. The van der Waals surface area contributed by atoms with Crippen LogP contribution in [0.15, 0.2) is 18.2 Å². The van der Waals surface area contributed by atoms with Gasteiger partial charge in [-0.05, 0) is 30.2 Å². The largest absolute Gasteiger partial charge is 0.505 e. The van der Waals surface area contributed by atoms with Crippen LogP contribution in [0, 0.1) is 11.7 Å². The number of nitrogens with one attached hydrogen (secondary N) is 1. The van der Waals surface area contributed by atoms with Gasteiger partial charge in [0.05, 0.1) is 0 Å². The average molecular weight is 241 g/mol. The number of hydrogen-bond donors (Lipinski definition) is 3. The van der Waals surface area contributed by atoms with Crippen LogP contribution in [-0.2, 0) is 4.79 Å². The number of rotatable bonds is 5. The first-order chi connectivity index (χ1) is 7.91. The summed E-state index contributed by atoms with van der Waals surface area (Å²) in [4.78, 5) is 11.1. The fourth-order valence-electron chi connectivity index (χ4n) is 1.40. The van der Waals surface area contributed by atoms with Gasteiger partial charge in [0, 0.05) is 0 Å². The number of aromatic hydroxyl groups is 1. The summed E-state index contributed by atoms with van der Waals surface area (Å²) in [5, 5.41) is 20.9. The van der Waals surface area contributed by atoms with E-state index >= 15 is 0 Å². The van der Waals surface area contributed by atoms with E-state index in [0.29, 0.717) is 12.5 Å². The Kier molecular flexibility index (Phi) is 4.45. The van der Waals surface area contributed by atoms with Gasteiger partial charge in [-0.15, -0.1) is 0 Å². The van der Waals surface area contributed by atoms with E-state index in [1.54, 1.807) is 0 Å². The third kappa shape index (κ3) is 3.71. The van der Waals surface area contributed by atoms with Crippen LogP contribution in [0.2, 0.25) is 0 Å². The molecule has 94 valence electrons. The van der Waals surface area contributed by atoms with Crippen molar-refractivity contribution < 1.29 is 19.4 Å². The zero-order valence-corrected chi connectivity index (χ0v) is 9.77. The number of carbonyl (C=O) groups is 1. The maximum absolute atomic E-state index is 13.1. The van der Waals surface area contributed by atoms with E-state index in [4.69, 9.17) is 10.2 Å².